The molecule has 29 heavy (non-hydrogen) atoms. The molecule has 2 heterocycles. The van der Waals surface area contributed by atoms with E-state index >= 15 is 0 Å². The van der Waals surface area contributed by atoms with Crippen molar-refractivity contribution in [3.63, 3.8) is 0 Å². The van der Waals surface area contributed by atoms with Crippen LogP contribution >= 0.6 is 0 Å². The molecular weight excluding hydrogens is 392 g/mol. The van der Waals surface area contributed by atoms with Gasteiger partial charge in [0.05, 0.1) is 13.2 Å². The fraction of sp³-hybridized carbons (Fsp3) is 0.667. The SMILES string of the molecule is Cc1cc(O)cc(O[C@@H]2O[C@H](CO[C@@H]3OC[C@H](O)[C@H](O)[C@H]3O)[C@@H](O)[C@H](O)[C@H]2O)c1. The lowest BCUT2D eigenvalue weighted by atomic mass is 9.99. The van der Waals surface area contributed by atoms with Crippen molar-refractivity contribution in [3.8, 4) is 11.5 Å². The molecule has 11 heteroatoms. The van der Waals surface area contributed by atoms with E-state index in [1.165, 1.54) is 12.1 Å². The van der Waals surface area contributed by atoms with Gasteiger partial charge in [0.15, 0.2) is 6.29 Å². The summed E-state index contributed by atoms with van der Waals surface area (Å²) in [4.78, 5) is 0. The van der Waals surface area contributed by atoms with Gasteiger partial charge in [-0.1, -0.05) is 0 Å². The number of rotatable bonds is 5. The first kappa shape index (κ1) is 22.2. The number of hydrogen-bond acceptors (Lipinski definition) is 11. The van der Waals surface area contributed by atoms with Gasteiger partial charge < -0.3 is 54.7 Å². The maximum atomic E-state index is 10.2. The molecule has 0 unspecified atom stereocenters. The van der Waals surface area contributed by atoms with Gasteiger partial charge in [0, 0.05) is 6.07 Å². The van der Waals surface area contributed by atoms with Crippen LogP contribution < -0.4 is 4.74 Å². The van der Waals surface area contributed by atoms with Crippen molar-refractivity contribution in [2.75, 3.05) is 13.2 Å². The zero-order valence-corrected chi connectivity index (χ0v) is 15.6. The van der Waals surface area contributed by atoms with Crippen molar-refractivity contribution in [2.45, 2.75) is 62.2 Å². The average Bonchev–Trinajstić information content (AvgIpc) is 2.66. The van der Waals surface area contributed by atoms with E-state index in [0.717, 1.165) is 0 Å². The number of ether oxygens (including phenoxy) is 4. The maximum absolute atomic E-state index is 10.2. The van der Waals surface area contributed by atoms with E-state index in [1.54, 1.807) is 13.0 Å². The van der Waals surface area contributed by atoms with E-state index in [9.17, 15) is 35.7 Å². The molecule has 0 bridgehead atoms. The van der Waals surface area contributed by atoms with Crippen LogP contribution in [0.2, 0.25) is 0 Å². The van der Waals surface area contributed by atoms with Gasteiger partial charge in [0.25, 0.3) is 0 Å². The van der Waals surface area contributed by atoms with E-state index in [0.29, 0.717) is 5.56 Å². The Balaban J connectivity index is 1.64. The highest BCUT2D eigenvalue weighted by molar-refractivity contribution is 5.37. The van der Waals surface area contributed by atoms with Crippen molar-refractivity contribution < 1.29 is 54.7 Å². The highest BCUT2D eigenvalue weighted by Crippen LogP contribution is 2.28. The van der Waals surface area contributed by atoms with Crippen molar-refractivity contribution in [1.29, 1.82) is 0 Å². The van der Waals surface area contributed by atoms with E-state index in [4.69, 9.17) is 18.9 Å². The molecule has 7 N–H and O–H groups in total. The van der Waals surface area contributed by atoms with Gasteiger partial charge >= 0.3 is 0 Å². The summed E-state index contributed by atoms with van der Waals surface area (Å²) < 4.78 is 21.4. The molecule has 11 nitrogen and oxygen atoms in total. The standard InChI is InChI=1S/C18H26O11/c1-7-2-8(19)4-9(3-7)28-18-16(25)14(23)13(22)11(29-18)6-27-17-15(24)12(21)10(20)5-26-17/h2-4,10-25H,5-6H2,1H3/t10-,11+,12-,13+,14-,15+,16+,17-,18+/m0/s1. The first-order chi connectivity index (χ1) is 13.7. The van der Waals surface area contributed by atoms with Gasteiger partial charge in [-0.15, -0.1) is 0 Å². The first-order valence-corrected chi connectivity index (χ1v) is 9.11. The molecule has 9 atom stereocenters. The Morgan fingerprint density at radius 3 is 2.28 bits per heavy atom. The number of phenols is 1. The first-order valence-electron chi connectivity index (χ1n) is 9.11. The summed E-state index contributed by atoms with van der Waals surface area (Å²) in [6, 6.07) is 4.38. The molecule has 0 radical (unpaired) electrons. The zero-order valence-electron chi connectivity index (χ0n) is 15.6. The molecule has 0 aliphatic carbocycles. The Kier molecular flexibility index (Phi) is 6.94. The van der Waals surface area contributed by atoms with Gasteiger partial charge in [0.2, 0.25) is 6.29 Å². The molecule has 0 spiro atoms. The average molecular weight is 418 g/mol. The third-order valence-corrected chi connectivity index (χ3v) is 4.84. The topological polar surface area (TPSA) is 179 Å². The molecule has 3 rings (SSSR count). The van der Waals surface area contributed by atoms with Crippen molar-refractivity contribution in [1.82, 2.24) is 0 Å². The second kappa shape index (κ2) is 9.08. The number of hydrogen-bond donors (Lipinski definition) is 7. The van der Waals surface area contributed by atoms with E-state index in [2.05, 4.69) is 0 Å². The summed E-state index contributed by atoms with van der Waals surface area (Å²) in [5.74, 6) is 0.118. The van der Waals surface area contributed by atoms with Crippen LogP contribution in [0.5, 0.6) is 11.5 Å². The molecular formula is C18H26O11. The molecule has 2 aliphatic heterocycles. The van der Waals surface area contributed by atoms with Gasteiger partial charge in [-0.3, -0.25) is 0 Å². The van der Waals surface area contributed by atoms with E-state index in [1.807, 2.05) is 0 Å². The largest absolute Gasteiger partial charge is 0.508 e. The number of aliphatic hydroxyl groups excluding tert-OH is 6. The van der Waals surface area contributed by atoms with Crippen LogP contribution in [0.25, 0.3) is 0 Å². The quantitative estimate of drug-likeness (QED) is 0.265. The second-order valence-corrected chi connectivity index (χ2v) is 7.22. The molecule has 2 saturated heterocycles. The molecule has 2 aliphatic rings. The van der Waals surface area contributed by atoms with Crippen LogP contribution in [-0.4, -0.2) is 104 Å². The lowest BCUT2D eigenvalue weighted by molar-refractivity contribution is -0.307. The molecule has 0 amide bonds. The Bertz CT molecular complexity index is 666. The number of aromatic hydroxyl groups is 1. The predicted molar refractivity (Wildman–Crippen MR) is 93.9 cm³/mol. The molecule has 1 aromatic rings. The van der Waals surface area contributed by atoms with Crippen LogP contribution in [0.3, 0.4) is 0 Å². The Labute approximate surface area is 166 Å². The number of phenolic OH excluding ortho intramolecular Hbond substituents is 1. The third-order valence-electron chi connectivity index (χ3n) is 4.84. The number of aryl methyl sites for hydroxylation is 1. The Hall–Kier alpha value is -1.54. The highest BCUT2D eigenvalue weighted by Gasteiger charge is 2.46. The van der Waals surface area contributed by atoms with Crippen LogP contribution in [-0.2, 0) is 14.2 Å². The summed E-state index contributed by atoms with van der Waals surface area (Å²) in [7, 11) is 0. The van der Waals surface area contributed by atoms with Gasteiger partial charge in [-0.2, -0.15) is 0 Å². The molecule has 0 aromatic heterocycles. The fourth-order valence-electron chi connectivity index (χ4n) is 3.20. The monoisotopic (exact) mass is 418 g/mol. The molecule has 1 aromatic carbocycles. The predicted octanol–water partition coefficient (Wildman–Crippen LogP) is -2.66. The lowest BCUT2D eigenvalue weighted by Crippen LogP contribution is -2.61. The van der Waals surface area contributed by atoms with Crippen LogP contribution in [0.1, 0.15) is 5.56 Å². The summed E-state index contributed by atoms with van der Waals surface area (Å²) in [6.07, 6.45) is -12.8. The van der Waals surface area contributed by atoms with Crippen LogP contribution in [0.15, 0.2) is 18.2 Å². The Morgan fingerprint density at radius 1 is 0.897 bits per heavy atom. The van der Waals surface area contributed by atoms with Crippen molar-refractivity contribution in [3.05, 3.63) is 23.8 Å². The molecule has 2 fully saturated rings. The maximum Gasteiger partial charge on any atom is 0.229 e. The second-order valence-electron chi connectivity index (χ2n) is 7.22. The van der Waals surface area contributed by atoms with Crippen molar-refractivity contribution in [2.24, 2.45) is 0 Å². The van der Waals surface area contributed by atoms with Gasteiger partial charge in [-0.05, 0) is 24.6 Å². The van der Waals surface area contributed by atoms with Crippen molar-refractivity contribution >= 4 is 0 Å². The summed E-state index contributed by atoms with van der Waals surface area (Å²) in [5.41, 5.74) is 0.690. The van der Waals surface area contributed by atoms with Crippen LogP contribution in [0.4, 0.5) is 0 Å². The third kappa shape index (κ3) is 4.97. The lowest BCUT2D eigenvalue weighted by Gasteiger charge is -2.41. The Morgan fingerprint density at radius 2 is 1.59 bits per heavy atom. The normalized spacial score (nSPS) is 40.6. The van der Waals surface area contributed by atoms with Gasteiger partial charge in [-0.25, -0.2) is 0 Å². The molecule has 0 saturated carbocycles. The highest BCUT2D eigenvalue weighted by atomic mass is 16.7. The minimum absolute atomic E-state index is 0.0602. The minimum Gasteiger partial charge on any atom is -0.508 e. The van der Waals surface area contributed by atoms with Crippen LogP contribution in [0, 0.1) is 6.92 Å². The summed E-state index contributed by atoms with van der Waals surface area (Å²) in [5, 5.41) is 69.1. The smallest absolute Gasteiger partial charge is 0.229 e. The van der Waals surface area contributed by atoms with E-state index in [-0.39, 0.29) is 24.7 Å². The minimum atomic E-state index is -1.62. The zero-order chi connectivity index (χ0) is 21.3. The number of aliphatic hydroxyl groups is 6. The van der Waals surface area contributed by atoms with E-state index < -0.39 is 55.3 Å². The fourth-order valence-corrected chi connectivity index (χ4v) is 3.20. The summed E-state index contributed by atoms with van der Waals surface area (Å²) in [6.45, 7) is 1.08. The summed E-state index contributed by atoms with van der Waals surface area (Å²) >= 11 is 0. The number of benzene rings is 1. The molecule has 164 valence electrons. The van der Waals surface area contributed by atoms with Gasteiger partial charge in [0.1, 0.15) is 54.2 Å².